The van der Waals surface area contributed by atoms with E-state index < -0.39 is 0 Å². The fraction of sp³-hybridized carbons (Fsp3) is 0.263. The number of fused-ring (bicyclic) bond motifs is 1. The van der Waals surface area contributed by atoms with E-state index in [4.69, 9.17) is 12.2 Å². The number of carbonyl (C=O) groups is 1. The molecule has 3 N–H and O–H groups in total. The van der Waals surface area contributed by atoms with Crippen molar-refractivity contribution in [1.29, 1.82) is 0 Å². The Hall–Kier alpha value is -2.62. The molecule has 0 unspecified atom stereocenters. The van der Waals surface area contributed by atoms with E-state index in [2.05, 4.69) is 37.4 Å². The highest BCUT2D eigenvalue weighted by atomic mass is 32.1. The molecule has 1 aliphatic rings. The fourth-order valence-corrected chi connectivity index (χ4v) is 3.96. The number of quaternary nitrogens is 1. The molecule has 0 atom stereocenters. The molecule has 0 aliphatic carbocycles. The number of carbonyl (C=O) groups excluding carboxylic acids is 1. The molecule has 1 amide bonds. The molecule has 3 aromatic rings. The van der Waals surface area contributed by atoms with Gasteiger partial charge in [-0.1, -0.05) is 12.1 Å². The van der Waals surface area contributed by atoms with Gasteiger partial charge in [0.15, 0.2) is 5.11 Å². The zero-order valence-electron chi connectivity index (χ0n) is 15.4. The normalized spacial score (nSPS) is 14.8. The largest absolute Gasteiger partial charge is 0.359 e. The lowest BCUT2D eigenvalue weighted by Gasteiger charge is -2.33. The lowest BCUT2D eigenvalue weighted by molar-refractivity contribution is -0.880. The quantitative estimate of drug-likeness (QED) is 0.560. The number of rotatable bonds is 3. The molecule has 28 heavy (non-hydrogen) atoms. The van der Waals surface area contributed by atoms with Gasteiger partial charge in [-0.15, -0.1) is 0 Å². The molecular weight excluding hydrogens is 392 g/mol. The number of amides is 1. The summed E-state index contributed by atoms with van der Waals surface area (Å²) in [6, 6.07) is 13.3. The minimum atomic E-state index is -0.270. The van der Waals surface area contributed by atoms with Gasteiger partial charge >= 0.3 is 0 Å². The second-order valence-electron chi connectivity index (χ2n) is 6.84. The number of aromatic nitrogens is 2. The van der Waals surface area contributed by atoms with Crippen molar-refractivity contribution in [2.24, 2.45) is 0 Å². The first kappa shape index (κ1) is 18.7. The van der Waals surface area contributed by atoms with Gasteiger partial charge in [-0.25, -0.2) is 0 Å². The van der Waals surface area contributed by atoms with E-state index in [-0.39, 0.29) is 11.0 Å². The molecule has 0 spiro atoms. The van der Waals surface area contributed by atoms with Crippen molar-refractivity contribution in [2.75, 3.05) is 43.4 Å². The van der Waals surface area contributed by atoms with Gasteiger partial charge in [0.2, 0.25) is 0 Å². The molecule has 144 valence electrons. The summed E-state index contributed by atoms with van der Waals surface area (Å²) in [5, 5.41) is 6.20. The van der Waals surface area contributed by atoms with Crippen LogP contribution in [0.5, 0.6) is 0 Å². The maximum absolute atomic E-state index is 12.5. The molecule has 1 saturated heterocycles. The second-order valence-corrected chi connectivity index (χ2v) is 7.77. The number of hydrogen-bond acceptors (Lipinski definition) is 6. The van der Waals surface area contributed by atoms with Crippen molar-refractivity contribution in [3.63, 3.8) is 0 Å². The van der Waals surface area contributed by atoms with Crippen LogP contribution >= 0.6 is 23.9 Å². The first-order valence-corrected chi connectivity index (χ1v) is 10.2. The summed E-state index contributed by atoms with van der Waals surface area (Å²) >= 11 is 6.51. The molecule has 7 nitrogen and oxygen atoms in total. The highest BCUT2D eigenvalue weighted by Gasteiger charge is 2.19. The van der Waals surface area contributed by atoms with Crippen LogP contribution in [0.25, 0.3) is 11.0 Å². The van der Waals surface area contributed by atoms with Crippen LogP contribution in [0, 0.1) is 0 Å². The third-order valence-corrected chi connectivity index (χ3v) is 5.61. The minimum Gasteiger partial charge on any atom is -0.359 e. The maximum Gasteiger partial charge on any atom is 0.257 e. The number of benzene rings is 2. The zero-order chi connectivity index (χ0) is 19.5. The van der Waals surface area contributed by atoms with Gasteiger partial charge in [0.25, 0.3) is 5.91 Å². The topological polar surface area (TPSA) is 74.6 Å². The Morgan fingerprint density at radius 2 is 1.89 bits per heavy atom. The molecule has 0 radical (unpaired) electrons. The number of anilines is 2. The lowest BCUT2D eigenvalue weighted by Crippen LogP contribution is -3.12. The Bertz CT molecular complexity index is 1010. The Labute approximate surface area is 172 Å². The van der Waals surface area contributed by atoms with Gasteiger partial charge < -0.3 is 15.1 Å². The van der Waals surface area contributed by atoms with Gasteiger partial charge in [0, 0.05) is 5.56 Å². The van der Waals surface area contributed by atoms with Crippen molar-refractivity contribution >= 4 is 57.4 Å². The average molecular weight is 414 g/mol. The number of piperazine rings is 1. The lowest BCUT2D eigenvalue weighted by atomic mass is 10.2. The predicted molar refractivity (Wildman–Crippen MR) is 116 cm³/mol. The van der Waals surface area contributed by atoms with E-state index in [1.54, 1.807) is 18.2 Å². The van der Waals surface area contributed by atoms with Crippen molar-refractivity contribution in [3.8, 4) is 0 Å². The number of nitrogens with zero attached hydrogens (tertiary/aromatic N) is 3. The van der Waals surface area contributed by atoms with Gasteiger partial charge in [-0.05, 0) is 42.5 Å². The third-order valence-electron chi connectivity index (χ3n) is 4.85. The van der Waals surface area contributed by atoms with Crippen LogP contribution in [-0.2, 0) is 0 Å². The van der Waals surface area contributed by atoms with E-state index in [1.807, 2.05) is 18.2 Å². The summed E-state index contributed by atoms with van der Waals surface area (Å²) < 4.78 is 8.32. The highest BCUT2D eigenvalue weighted by Crippen LogP contribution is 2.25. The van der Waals surface area contributed by atoms with E-state index in [1.165, 1.54) is 4.90 Å². The third kappa shape index (κ3) is 4.11. The minimum absolute atomic E-state index is 0.270. The van der Waals surface area contributed by atoms with Crippen molar-refractivity contribution in [2.45, 2.75) is 0 Å². The van der Waals surface area contributed by atoms with Gasteiger partial charge in [-0.3, -0.25) is 10.1 Å². The molecule has 1 aromatic heterocycles. The van der Waals surface area contributed by atoms with Crippen LogP contribution < -0.4 is 20.4 Å². The molecule has 0 bridgehead atoms. The molecule has 1 aliphatic heterocycles. The van der Waals surface area contributed by atoms with E-state index in [0.29, 0.717) is 11.1 Å². The van der Waals surface area contributed by atoms with Crippen LogP contribution in [0.1, 0.15) is 10.4 Å². The number of thiocarbonyl (C=S) groups is 1. The Balaban J connectivity index is 1.44. The van der Waals surface area contributed by atoms with E-state index in [0.717, 1.165) is 54.8 Å². The summed E-state index contributed by atoms with van der Waals surface area (Å²) in [7, 11) is 2.21. The molecule has 1 fully saturated rings. The van der Waals surface area contributed by atoms with Crippen LogP contribution in [-0.4, -0.2) is 53.0 Å². The van der Waals surface area contributed by atoms with Crippen LogP contribution in [0.3, 0.4) is 0 Å². The first-order valence-electron chi connectivity index (χ1n) is 9.10. The standard InChI is InChI=1S/C19H20N6OS2/c1-24-8-10-25(11-9-24)17-5-3-2-4-15(17)20-19(27)21-18(26)13-6-7-14-16(12-13)23-28-22-14/h2-7,12H,8-11H2,1H3,(H2,20,21,26,27)/p+1. The Morgan fingerprint density at radius 1 is 1.14 bits per heavy atom. The number of likely N-dealkylation sites (N-methyl/N-ethyl adjacent to an activating group) is 1. The van der Waals surface area contributed by atoms with Crippen LogP contribution in [0.4, 0.5) is 11.4 Å². The first-order chi connectivity index (χ1) is 13.6. The zero-order valence-corrected chi connectivity index (χ0v) is 17.1. The second kappa shape index (κ2) is 8.17. The number of hydrogen-bond donors (Lipinski definition) is 3. The molecule has 2 aromatic carbocycles. The number of nitrogens with one attached hydrogen (secondary N) is 3. The summed E-state index contributed by atoms with van der Waals surface area (Å²) in [6.07, 6.45) is 0. The summed E-state index contributed by atoms with van der Waals surface area (Å²) in [5.74, 6) is -0.270. The molecule has 4 rings (SSSR count). The Kier molecular flexibility index (Phi) is 5.47. The van der Waals surface area contributed by atoms with Crippen LogP contribution in [0.15, 0.2) is 42.5 Å². The fourth-order valence-electron chi connectivity index (χ4n) is 3.24. The Morgan fingerprint density at radius 3 is 2.71 bits per heavy atom. The number of para-hydroxylation sites is 2. The monoisotopic (exact) mass is 413 g/mol. The van der Waals surface area contributed by atoms with Crippen molar-refractivity contribution in [1.82, 2.24) is 14.1 Å². The van der Waals surface area contributed by atoms with Gasteiger partial charge in [0.05, 0.1) is 56.3 Å². The van der Waals surface area contributed by atoms with Crippen molar-refractivity contribution in [3.05, 3.63) is 48.0 Å². The maximum atomic E-state index is 12.5. The van der Waals surface area contributed by atoms with Crippen molar-refractivity contribution < 1.29 is 9.69 Å². The highest BCUT2D eigenvalue weighted by molar-refractivity contribution is 7.80. The molecule has 0 saturated carbocycles. The SMILES string of the molecule is C[NH+]1CCN(c2ccccc2NC(=S)NC(=O)c2ccc3nsnc3c2)CC1. The van der Waals surface area contributed by atoms with E-state index >= 15 is 0 Å². The molecule has 9 heteroatoms. The summed E-state index contributed by atoms with van der Waals surface area (Å²) in [6.45, 7) is 4.18. The average Bonchev–Trinajstić information content (AvgIpc) is 3.17. The van der Waals surface area contributed by atoms with Gasteiger partial charge in [0.1, 0.15) is 11.0 Å². The smallest absolute Gasteiger partial charge is 0.257 e. The van der Waals surface area contributed by atoms with E-state index in [9.17, 15) is 4.79 Å². The van der Waals surface area contributed by atoms with Gasteiger partial charge in [-0.2, -0.15) is 8.75 Å². The molecule has 2 heterocycles. The summed E-state index contributed by atoms with van der Waals surface area (Å²) in [4.78, 5) is 16.4. The molecular formula is C19H21N6OS2+. The van der Waals surface area contributed by atoms with Crippen LogP contribution in [0.2, 0.25) is 0 Å². The summed E-state index contributed by atoms with van der Waals surface area (Å²) in [5.41, 5.74) is 3.98. The predicted octanol–water partition coefficient (Wildman–Crippen LogP) is 1.15.